The van der Waals surface area contributed by atoms with Crippen molar-refractivity contribution in [2.45, 2.75) is 46.2 Å². The van der Waals surface area contributed by atoms with Crippen LogP contribution in [0.5, 0.6) is 0 Å². The first-order valence-corrected chi connectivity index (χ1v) is 6.57. The SMILES string of the molecule is CCCC(C)N(C)c1ccncc1CNCC. The van der Waals surface area contributed by atoms with Crippen LogP contribution in [0, 0.1) is 0 Å². The van der Waals surface area contributed by atoms with Crippen LogP contribution in [0.25, 0.3) is 0 Å². The van der Waals surface area contributed by atoms with Crippen LogP contribution in [0.15, 0.2) is 18.5 Å². The van der Waals surface area contributed by atoms with Crippen molar-refractivity contribution in [2.24, 2.45) is 0 Å². The van der Waals surface area contributed by atoms with Gasteiger partial charge in [-0.05, 0) is 26.0 Å². The summed E-state index contributed by atoms with van der Waals surface area (Å²) in [6, 6.07) is 2.68. The first-order valence-electron chi connectivity index (χ1n) is 6.57. The Labute approximate surface area is 105 Å². The molecule has 1 atom stereocenters. The standard InChI is InChI=1S/C14H25N3/c1-5-7-12(3)17(4)14-8-9-16-11-13(14)10-15-6-2/h8-9,11-12,15H,5-7,10H2,1-4H3. The molecule has 0 saturated carbocycles. The van der Waals surface area contributed by atoms with E-state index in [1.807, 2.05) is 12.4 Å². The zero-order valence-electron chi connectivity index (χ0n) is 11.5. The second-order valence-electron chi connectivity index (χ2n) is 4.53. The summed E-state index contributed by atoms with van der Waals surface area (Å²) in [5.74, 6) is 0. The van der Waals surface area contributed by atoms with Crippen molar-refractivity contribution in [3.63, 3.8) is 0 Å². The number of pyridine rings is 1. The van der Waals surface area contributed by atoms with Gasteiger partial charge < -0.3 is 10.2 Å². The van der Waals surface area contributed by atoms with Crippen LogP contribution in [0.1, 0.15) is 39.2 Å². The van der Waals surface area contributed by atoms with Gasteiger partial charge in [0.15, 0.2) is 0 Å². The molecule has 96 valence electrons. The highest BCUT2D eigenvalue weighted by molar-refractivity contribution is 5.52. The van der Waals surface area contributed by atoms with E-state index in [0.717, 1.165) is 13.1 Å². The summed E-state index contributed by atoms with van der Waals surface area (Å²) in [6.07, 6.45) is 6.28. The van der Waals surface area contributed by atoms with Gasteiger partial charge in [-0.3, -0.25) is 4.98 Å². The van der Waals surface area contributed by atoms with Crippen molar-refractivity contribution in [1.82, 2.24) is 10.3 Å². The Morgan fingerprint density at radius 3 is 2.82 bits per heavy atom. The Morgan fingerprint density at radius 1 is 1.41 bits per heavy atom. The van der Waals surface area contributed by atoms with Crippen LogP contribution in [0.3, 0.4) is 0 Å². The van der Waals surface area contributed by atoms with Gasteiger partial charge in [0.05, 0.1) is 0 Å². The molecule has 0 aliphatic carbocycles. The van der Waals surface area contributed by atoms with Crippen LogP contribution in [-0.4, -0.2) is 24.6 Å². The minimum absolute atomic E-state index is 0.572. The zero-order valence-corrected chi connectivity index (χ0v) is 11.5. The summed E-state index contributed by atoms with van der Waals surface area (Å²) < 4.78 is 0. The zero-order chi connectivity index (χ0) is 12.7. The molecule has 0 aliphatic heterocycles. The van der Waals surface area contributed by atoms with Gasteiger partial charge in [-0.15, -0.1) is 0 Å². The summed E-state index contributed by atoms with van der Waals surface area (Å²) in [5.41, 5.74) is 2.57. The van der Waals surface area contributed by atoms with E-state index in [4.69, 9.17) is 0 Å². The molecule has 0 spiro atoms. The Morgan fingerprint density at radius 2 is 2.18 bits per heavy atom. The van der Waals surface area contributed by atoms with Gasteiger partial charge in [0.2, 0.25) is 0 Å². The van der Waals surface area contributed by atoms with Gasteiger partial charge in [-0.1, -0.05) is 20.3 Å². The van der Waals surface area contributed by atoms with Gasteiger partial charge in [-0.2, -0.15) is 0 Å². The van der Waals surface area contributed by atoms with Crippen molar-refractivity contribution in [3.8, 4) is 0 Å². The van der Waals surface area contributed by atoms with E-state index in [0.29, 0.717) is 6.04 Å². The van der Waals surface area contributed by atoms with E-state index >= 15 is 0 Å². The second kappa shape index (κ2) is 7.28. The van der Waals surface area contributed by atoms with Crippen molar-refractivity contribution < 1.29 is 0 Å². The number of nitrogens with one attached hydrogen (secondary N) is 1. The molecule has 1 heterocycles. The van der Waals surface area contributed by atoms with Crippen LogP contribution in [0.2, 0.25) is 0 Å². The van der Waals surface area contributed by atoms with Crippen LogP contribution in [-0.2, 0) is 6.54 Å². The summed E-state index contributed by atoms with van der Waals surface area (Å²) in [4.78, 5) is 6.58. The fourth-order valence-electron chi connectivity index (χ4n) is 2.01. The van der Waals surface area contributed by atoms with Gasteiger partial charge in [0, 0.05) is 43.3 Å². The van der Waals surface area contributed by atoms with E-state index in [2.05, 4.69) is 49.1 Å². The highest BCUT2D eigenvalue weighted by Crippen LogP contribution is 2.21. The highest BCUT2D eigenvalue weighted by Gasteiger charge is 2.12. The molecule has 0 radical (unpaired) electrons. The molecule has 1 rings (SSSR count). The quantitative estimate of drug-likeness (QED) is 0.787. The lowest BCUT2D eigenvalue weighted by Crippen LogP contribution is -2.30. The third kappa shape index (κ3) is 4.00. The summed E-state index contributed by atoms with van der Waals surface area (Å²) in [6.45, 7) is 8.52. The van der Waals surface area contributed by atoms with Gasteiger partial charge in [0.25, 0.3) is 0 Å². The molecule has 1 unspecified atom stereocenters. The van der Waals surface area contributed by atoms with Crippen molar-refractivity contribution in [1.29, 1.82) is 0 Å². The second-order valence-corrected chi connectivity index (χ2v) is 4.53. The first-order chi connectivity index (χ1) is 8.20. The van der Waals surface area contributed by atoms with Gasteiger partial charge >= 0.3 is 0 Å². The Kier molecular flexibility index (Phi) is 5.98. The predicted octanol–water partition coefficient (Wildman–Crippen LogP) is 2.82. The number of nitrogens with zero attached hydrogens (tertiary/aromatic N) is 2. The minimum Gasteiger partial charge on any atom is -0.372 e. The molecule has 3 heteroatoms. The monoisotopic (exact) mass is 235 g/mol. The smallest absolute Gasteiger partial charge is 0.0442 e. The average molecular weight is 235 g/mol. The molecule has 1 N–H and O–H groups in total. The Balaban J connectivity index is 2.80. The lowest BCUT2D eigenvalue weighted by molar-refractivity contribution is 0.611. The molecule has 3 nitrogen and oxygen atoms in total. The normalized spacial score (nSPS) is 12.5. The minimum atomic E-state index is 0.572. The Bertz CT molecular complexity index is 325. The molecule has 17 heavy (non-hydrogen) atoms. The molecule has 0 saturated heterocycles. The fraction of sp³-hybridized carbons (Fsp3) is 0.643. The summed E-state index contributed by atoms with van der Waals surface area (Å²) in [7, 11) is 2.17. The molecule has 0 bridgehead atoms. The summed E-state index contributed by atoms with van der Waals surface area (Å²) in [5, 5.41) is 3.36. The molecule has 0 aromatic carbocycles. The van der Waals surface area contributed by atoms with Crippen molar-refractivity contribution >= 4 is 5.69 Å². The average Bonchev–Trinajstić information content (AvgIpc) is 2.36. The Hall–Kier alpha value is -1.09. The molecular weight excluding hydrogens is 210 g/mol. The first kappa shape index (κ1) is 14.0. The number of hydrogen-bond donors (Lipinski definition) is 1. The maximum atomic E-state index is 4.22. The van der Waals surface area contributed by atoms with Gasteiger partial charge in [-0.25, -0.2) is 0 Å². The largest absolute Gasteiger partial charge is 0.372 e. The van der Waals surface area contributed by atoms with Crippen molar-refractivity contribution in [3.05, 3.63) is 24.0 Å². The van der Waals surface area contributed by atoms with Crippen LogP contribution < -0.4 is 10.2 Å². The maximum Gasteiger partial charge on any atom is 0.0442 e. The number of rotatable bonds is 7. The van der Waals surface area contributed by atoms with Crippen molar-refractivity contribution in [2.75, 3.05) is 18.5 Å². The molecule has 0 amide bonds. The molecule has 0 aliphatic rings. The number of hydrogen-bond acceptors (Lipinski definition) is 3. The number of anilines is 1. The van der Waals surface area contributed by atoms with Crippen LogP contribution >= 0.6 is 0 Å². The van der Waals surface area contributed by atoms with E-state index in [9.17, 15) is 0 Å². The maximum absolute atomic E-state index is 4.22. The molecule has 1 aromatic rings. The van der Waals surface area contributed by atoms with Crippen LogP contribution in [0.4, 0.5) is 5.69 Å². The lowest BCUT2D eigenvalue weighted by Gasteiger charge is -2.28. The fourth-order valence-corrected chi connectivity index (χ4v) is 2.01. The molecular formula is C14H25N3. The highest BCUT2D eigenvalue weighted by atomic mass is 15.1. The van der Waals surface area contributed by atoms with E-state index in [1.54, 1.807) is 0 Å². The molecule has 0 fully saturated rings. The van der Waals surface area contributed by atoms with E-state index in [1.165, 1.54) is 24.1 Å². The number of aromatic nitrogens is 1. The predicted molar refractivity (Wildman–Crippen MR) is 74.4 cm³/mol. The molecule has 1 aromatic heterocycles. The summed E-state index contributed by atoms with van der Waals surface area (Å²) >= 11 is 0. The van der Waals surface area contributed by atoms with E-state index < -0.39 is 0 Å². The topological polar surface area (TPSA) is 28.2 Å². The van der Waals surface area contributed by atoms with E-state index in [-0.39, 0.29) is 0 Å². The lowest BCUT2D eigenvalue weighted by atomic mass is 10.1. The van der Waals surface area contributed by atoms with Gasteiger partial charge in [0.1, 0.15) is 0 Å². The third-order valence-corrected chi connectivity index (χ3v) is 3.19. The third-order valence-electron chi connectivity index (χ3n) is 3.19.